The first-order valence-electron chi connectivity index (χ1n) is 4.69. The monoisotopic (exact) mass is 203 g/mol. The highest BCUT2D eigenvalue weighted by atomic mass is 15.4. The number of aromatic nitrogens is 2. The molecule has 1 aromatic heterocycles. The van der Waals surface area contributed by atoms with Gasteiger partial charge in [0.25, 0.3) is 0 Å². The van der Waals surface area contributed by atoms with Crippen molar-refractivity contribution < 1.29 is 0 Å². The number of rotatable bonds is 1. The maximum Gasteiger partial charge on any atom is 0.232 e. The zero-order valence-electron chi connectivity index (χ0n) is 9.05. The van der Waals surface area contributed by atoms with Gasteiger partial charge in [-0.15, -0.1) is 0 Å². The number of hydrogen-bond acceptors (Lipinski definition) is 2. The van der Waals surface area contributed by atoms with Crippen LogP contribution in [-0.2, 0) is 14.1 Å². The van der Waals surface area contributed by atoms with Crippen molar-refractivity contribution in [1.29, 1.82) is 0 Å². The molecule has 2 aromatic rings. The fourth-order valence-corrected chi connectivity index (χ4v) is 1.69. The standard InChI is InChI=1S/C10H13N5/c1-11-13-12-10-14(2)8-6-4-5-7-9(8)15(10)3/h4-7H,1-3H3. The van der Waals surface area contributed by atoms with Gasteiger partial charge in [0.05, 0.1) is 18.1 Å². The second-order valence-electron chi connectivity index (χ2n) is 3.30. The lowest BCUT2D eigenvalue weighted by Gasteiger charge is -1.91. The average Bonchev–Trinajstić information content (AvgIpc) is 2.51. The number of benzene rings is 1. The fraction of sp³-hybridized carbons (Fsp3) is 0.300. The maximum absolute atomic E-state index is 4.05. The van der Waals surface area contributed by atoms with Gasteiger partial charge in [0.15, 0.2) is 0 Å². The van der Waals surface area contributed by atoms with E-state index < -0.39 is 0 Å². The van der Waals surface area contributed by atoms with E-state index in [4.69, 9.17) is 0 Å². The number of nitrogens with zero attached hydrogens (tertiary/aromatic N) is 5. The van der Waals surface area contributed by atoms with Crippen LogP contribution < -0.4 is 5.62 Å². The summed E-state index contributed by atoms with van der Waals surface area (Å²) in [6.45, 7) is 0. The summed E-state index contributed by atoms with van der Waals surface area (Å²) in [7, 11) is 5.53. The molecular formula is C10H13N5. The van der Waals surface area contributed by atoms with Crippen LogP contribution in [0.3, 0.4) is 0 Å². The Balaban J connectivity index is 2.87. The van der Waals surface area contributed by atoms with Crippen molar-refractivity contribution in [2.75, 3.05) is 7.05 Å². The number of aryl methyl sites for hydroxylation is 2. The molecule has 5 nitrogen and oxygen atoms in total. The molecule has 0 N–H and O–H groups in total. The van der Waals surface area contributed by atoms with Gasteiger partial charge in [0.1, 0.15) is 0 Å². The smallest absolute Gasteiger partial charge is 0.232 e. The molecular weight excluding hydrogens is 190 g/mol. The van der Waals surface area contributed by atoms with Crippen molar-refractivity contribution in [3.05, 3.63) is 29.9 Å². The van der Waals surface area contributed by atoms with Crippen molar-refractivity contribution in [2.45, 2.75) is 0 Å². The predicted octanol–water partition coefficient (Wildman–Crippen LogP) is 1.41. The van der Waals surface area contributed by atoms with Crippen LogP contribution in [0, 0.1) is 0 Å². The molecule has 1 heterocycles. The van der Waals surface area contributed by atoms with E-state index in [1.165, 1.54) is 0 Å². The van der Waals surface area contributed by atoms with Crippen LogP contribution in [0.25, 0.3) is 11.0 Å². The van der Waals surface area contributed by atoms with Gasteiger partial charge in [0.2, 0.25) is 5.62 Å². The molecule has 0 fully saturated rings. The molecule has 0 unspecified atom stereocenters. The molecule has 2 rings (SSSR count). The van der Waals surface area contributed by atoms with Gasteiger partial charge in [-0.3, -0.25) is 0 Å². The second-order valence-corrected chi connectivity index (χ2v) is 3.30. The van der Waals surface area contributed by atoms with Gasteiger partial charge in [-0.1, -0.05) is 17.2 Å². The number of para-hydroxylation sites is 2. The minimum atomic E-state index is 0.779. The molecule has 0 saturated carbocycles. The van der Waals surface area contributed by atoms with Gasteiger partial charge >= 0.3 is 0 Å². The summed E-state index contributed by atoms with van der Waals surface area (Å²) in [6, 6.07) is 8.12. The Morgan fingerprint density at radius 2 is 1.53 bits per heavy atom. The zero-order chi connectivity index (χ0) is 10.8. The first-order valence-corrected chi connectivity index (χ1v) is 4.69. The molecule has 0 aliphatic rings. The zero-order valence-corrected chi connectivity index (χ0v) is 9.05. The lowest BCUT2D eigenvalue weighted by molar-refractivity contribution is 0.731. The van der Waals surface area contributed by atoms with Crippen molar-refractivity contribution in [3.8, 4) is 0 Å². The molecule has 0 saturated heterocycles. The summed E-state index contributed by atoms with van der Waals surface area (Å²) in [5.41, 5.74) is 3.04. The highest BCUT2D eigenvalue weighted by molar-refractivity contribution is 5.75. The normalized spacial score (nSPS) is 11.4. The van der Waals surface area contributed by atoms with E-state index in [2.05, 4.69) is 27.6 Å². The third-order valence-corrected chi connectivity index (χ3v) is 2.43. The molecule has 0 aliphatic heterocycles. The van der Waals surface area contributed by atoms with Crippen LogP contribution in [0.2, 0.25) is 0 Å². The van der Waals surface area contributed by atoms with Crippen LogP contribution in [-0.4, -0.2) is 16.2 Å². The molecule has 0 aliphatic carbocycles. The minimum Gasteiger partial charge on any atom is -0.312 e. The summed E-state index contributed by atoms with van der Waals surface area (Å²) in [5, 5.41) is 11.3. The molecule has 78 valence electrons. The third-order valence-electron chi connectivity index (χ3n) is 2.43. The first kappa shape index (κ1) is 9.64. The van der Waals surface area contributed by atoms with Crippen LogP contribution in [0.5, 0.6) is 0 Å². The Labute approximate surface area is 87.4 Å². The Bertz CT molecular complexity index is 531. The topological polar surface area (TPSA) is 46.9 Å². The quantitative estimate of drug-likeness (QED) is 0.497. The predicted molar refractivity (Wildman–Crippen MR) is 58.2 cm³/mol. The van der Waals surface area contributed by atoms with Crippen LogP contribution in [0.15, 0.2) is 39.7 Å². The fourth-order valence-electron chi connectivity index (χ4n) is 1.69. The largest absolute Gasteiger partial charge is 0.312 e. The summed E-state index contributed by atoms with van der Waals surface area (Å²) in [6.07, 6.45) is 0. The number of imidazole rings is 1. The maximum atomic E-state index is 4.05. The third kappa shape index (κ3) is 1.45. The molecule has 5 heteroatoms. The van der Waals surface area contributed by atoms with E-state index >= 15 is 0 Å². The van der Waals surface area contributed by atoms with Gasteiger partial charge in [-0.05, 0) is 17.4 Å². The van der Waals surface area contributed by atoms with Crippen molar-refractivity contribution in [1.82, 2.24) is 9.13 Å². The van der Waals surface area contributed by atoms with Crippen molar-refractivity contribution >= 4 is 11.0 Å². The molecule has 0 atom stereocenters. The minimum absolute atomic E-state index is 0.779. The van der Waals surface area contributed by atoms with Gasteiger partial charge in [-0.2, -0.15) is 5.11 Å². The Morgan fingerprint density at radius 3 is 2.00 bits per heavy atom. The highest BCUT2D eigenvalue weighted by Crippen LogP contribution is 2.09. The summed E-state index contributed by atoms with van der Waals surface area (Å²) in [4.78, 5) is 0. The summed E-state index contributed by atoms with van der Waals surface area (Å²) in [5.74, 6) is 0. The average molecular weight is 203 g/mol. The molecule has 1 aromatic carbocycles. The van der Waals surface area contributed by atoms with E-state index in [1.54, 1.807) is 7.05 Å². The lowest BCUT2D eigenvalue weighted by Crippen LogP contribution is -2.21. The Morgan fingerprint density at radius 1 is 1.00 bits per heavy atom. The van der Waals surface area contributed by atoms with Crippen LogP contribution in [0.4, 0.5) is 0 Å². The van der Waals surface area contributed by atoms with E-state index in [9.17, 15) is 0 Å². The van der Waals surface area contributed by atoms with E-state index in [-0.39, 0.29) is 0 Å². The summed E-state index contributed by atoms with van der Waals surface area (Å²) >= 11 is 0. The first-order chi connectivity index (χ1) is 7.25. The SMILES string of the molecule is CN=NN=c1n(C)c2ccccc2n1C. The van der Waals surface area contributed by atoms with Gasteiger partial charge in [0, 0.05) is 14.1 Å². The van der Waals surface area contributed by atoms with Crippen LogP contribution in [0.1, 0.15) is 0 Å². The molecule has 0 spiro atoms. The van der Waals surface area contributed by atoms with Gasteiger partial charge < -0.3 is 9.13 Å². The Kier molecular flexibility index (Phi) is 2.37. The molecule has 15 heavy (non-hydrogen) atoms. The van der Waals surface area contributed by atoms with Crippen molar-refractivity contribution in [2.24, 2.45) is 29.5 Å². The number of fused-ring (bicyclic) bond motifs is 1. The number of hydrogen-bond donors (Lipinski definition) is 0. The molecule has 0 radical (unpaired) electrons. The summed E-state index contributed by atoms with van der Waals surface area (Å²) < 4.78 is 3.98. The lowest BCUT2D eigenvalue weighted by atomic mass is 10.3. The van der Waals surface area contributed by atoms with E-state index in [1.807, 2.05) is 35.4 Å². The molecule has 0 bridgehead atoms. The molecule has 0 amide bonds. The Hall–Kier alpha value is -1.91. The van der Waals surface area contributed by atoms with Crippen LogP contribution >= 0.6 is 0 Å². The van der Waals surface area contributed by atoms with E-state index in [0.29, 0.717) is 0 Å². The van der Waals surface area contributed by atoms with E-state index in [0.717, 1.165) is 16.7 Å². The highest BCUT2D eigenvalue weighted by Gasteiger charge is 2.04. The van der Waals surface area contributed by atoms with Crippen molar-refractivity contribution in [3.63, 3.8) is 0 Å². The van der Waals surface area contributed by atoms with Gasteiger partial charge in [-0.25, -0.2) is 0 Å². The second kappa shape index (κ2) is 3.68.